The van der Waals surface area contributed by atoms with Crippen molar-refractivity contribution in [3.8, 4) is 5.88 Å². The van der Waals surface area contributed by atoms with Crippen LogP contribution in [0.15, 0.2) is 23.3 Å². The van der Waals surface area contributed by atoms with Crippen molar-refractivity contribution in [2.45, 2.75) is 32.7 Å². The number of methoxy groups -OCH3 is 1. The normalized spacial score (nSPS) is 15.7. The van der Waals surface area contributed by atoms with E-state index in [1.54, 1.807) is 13.3 Å². The molecular formula is C19H33N5O2. The Morgan fingerprint density at radius 2 is 2.08 bits per heavy atom. The largest absolute Gasteiger partial charge is 0.475 e. The number of pyridine rings is 1. The molecule has 2 heterocycles. The summed E-state index contributed by atoms with van der Waals surface area (Å²) in [5.41, 5.74) is 0.969. The van der Waals surface area contributed by atoms with Gasteiger partial charge in [0.1, 0.15) is 6.61 Å². The Morgan fingerprint density at radius 3 is 2.85 bits per heavy atom. The van der Waals surface area contributed by atoms with Crippen molar-refractivity contribution in [3.05, 3.63) is 23.9 Å². The molecule has 7 heteroatoms. The highest BCUT2D eigenvalue weighted by molar-refractivity contribution is 5.79. The zero-order chi connectivity index (χ0) is 18.5. The second-order valence-corrected chi connectivity index (χ2v) is 6.33. The van der Waals surface area contributed by atoms with Crippen molar-refractivity contribution >= 4 is 5.96 Å². The third-order valence-electron chi connectivity index (χ3n) is 4.30. The van der Waals surface area contributed by atoms with E-state index in [1.807, 2.05) is 12.1 Å². The predicted molar refractivity (Wildman–Crippen MR) is 105 cm³/mol. The van der Waals surface area contributed by atoms with E-state index in [-0.39, 0.29) is 0 Å². The highest BCUT2D eigenvalue weighted by Crippen LogP contribution is 2.15. The maximum absolute atomic E-state index is 5.68. The molecule has 1 saturated heterocycles. The summed E-state index contributed by atoms with van der Waals surface area (Å²) in [7, 11) is 1.66. The van der Waals surface area contributed by atoms with Crippen molar-refractivity contribution in [1.29, 1.82) is 0 Å². The fraction of sp³-hybridized carbons (Fsp3) is 0.684. The van der Waals surface area contributed by atoms with Gasteiger partial charge in [0.25, 0.3) is 0 Å². The lowest BCUT2D eigenvalue weighted by Gasteiger charge is -2.26. The first-order valence-corrected chi connectivity index (χ1v) is 9.63. The number of hydrogen-bond donors (Lipinski definition) is 2. The molecule has 146 valence electrons. The Labute approximate surface area is 157 Å². The van der Waals surface area contributed by atoms with Gasteiger partial charge in [0.15, 0.2) is 5.96 Å². The Kier molecular flexibility index (Phi) is 9.82. The van der Waals surface area contributed by atoms with Crippen molar-refractivity contribution in [1.82, 2.24) is 20.5 Å². The zero-order valence-electron chi connectivity index (χ0n) is 16.2. The van der Waals surface area contributed by atoms with Crippen LogP contribution in [-0.2, 0) is 11.3 Å². The van der Waals surface area contributed by atoms with Gasteiger partial charge in [-0.15, -0.1) is 0 Å². The SMILES string of the molecule is CCNC(=NCc1cccnc1OCCOC)NCCN1CCCCC1. The van der Waals surface area contributed by atoms with Crippen LogP contribution in [0.1, 0.15) is 31.7 Å². The van der Waals surface area contributed by atoms with Gasteiger partial charge in [-0.25, -0.2) is 9.98 Å². The maximum atomic E-state index is 5.68. The number of aliphatic imine (C=N–C) groups is 1. The molecule has 26 heavy (non-hydrogen) atoms. The molecule has 2 rings (SSSR count). The van der Waals surface area contributed by atoms with Crippen molar-refractivity contribution in [3.63, 3.8) is 0 Å². The fourth-order valence-electron chi connectivity index (χ4n) is 2.92. The molecule has 0 saturated carbocycles. The number of likely N-dealkylation sites (tertiary alicyclic amines) is 1. The standard InChI is InChI=1S/C19H33N5O2/c1-3-20-19(22-10-13-24-11-5-4-6-12-24)23-16-17-8-7-9-21-18(17)26-15-14-25-2/h7-9H,3-6,10-16H2,1-2H3,(H2,20,22,23). The summed E-state index contributed by atoms with van der Waals surface area (Å²) in [6, 6.07) is 3.90. The van der Waals surface area contributed by atoms with Crippen LogP contribution in [0.4, 0.5) is 0 Å². The second kappa shape index (κ2) is 12.5. The lowest BCUT2D eigenvalue weighted by Crippen LogP contribution is -2.42. The van der Waals surface area contributed by atoms with Crippen LogP contribution >= 0.6 is 0 Å². The molecule has 0 bridgehead atoms. The summed E-state index contributed by atoms with van der Waals surface area (Å²) in [5.74, 6) is 1.45. The highest BCUT2D eigenvalue weighted by atomic mass is 16.5. The molecule has 0 spiro atoms. The first kappa shape index (κ1) is 20.5. The number of aromatic nitrogens is 1. The first-order valence-electron chi connectivity index (χ1n) is 9.63. The molecule has 0 aromatic carbocycles. The number of guanidine groups is 1. The van der Waals surface area contributed by atoms with Gasteiger partial charge in [-0.05, 0) is 38.9 Å². The van der Waals surface area contributed by atoms with Crippen molar-refractivity contribution < 1.29 is 9.47 Å². The molecule has 7 nitrogen and oxygen atoms in total. The first-order chi connectivity index (χ1) is 12.8. The topological polar surface area (TPSA) is 71.0 Å². The Bertz CT molecular complexity index is 532. The van der Waals surface area contributed by atoms with Gasteiger partial charge in [0.05, 0.1) is 13.2 Å². The van der Waals surface area contributed by atoms with Crippen molar-refractivity contribution in [2.24, 2.45) is 4.99 Å². The Balaban J connectivity index is 1.85. The van der Waals surface area contributed by atoms with Crippen LogP contribution < -0.4 is 15.4 Å². The summed E-state index contributed by atoms with van der Waals surface area (Å²) in [4.78, 5) is 11.5. The number of rotatable bonds is 10. The third kappa shape index (κ3) is 7.58. The van der Waals surface area contributed by atoms with Crippen LogP contribution in [-0.4, -0.2) is 68.9 Å². The molecule has 1 aliphatic heterocycles. The lowest BCUT2D eigenvalue weighted by atomic mass is 10.1. The van der Waals surface area contributed by atoms with Gasteiger partial charge >= 0.3 is 0 Å². The summed E-state index contributed by atoms with van der Waals surface area (Å²) < 4.78 is 10.7. The number of hydrogen-bond acceptors (Lipinski definition) is 5. The van der Waals surface area contributed by atoms with Crippen LogP contribution in [0.5, 0.6) is 5.88 Å². The molecule has 0 amide bonds. The van der Waals surface area contributed by atoms with Gasteiger partial charge in [0, 0.05) is 38.5 Å². The molecule has 0 aliphatic carbocycles. The van der Waals surface area contributed by atoms with E-state index in [0.717, 1.165) is 31.2 Å². The minimum absolute atomic E-state index is 0.485. The van der Waals surface area contributed by atoms with E-state index in [2.05, 4.69) is 32.4 Å². The maximum Gasteiger partial charge on any atom is 0.218 e. The third-order valence-corrected chi connectivity index (χ3v) is 4.30. The van der Waals surface area contributed by atoms with Crippen LogP contribution in [0, 0.1) is 0 Å². The highest BCUT2D eigenvalue weighted by Gasteiger charge is 2.10. The molecule has 1 fully saturated rings. The monoisotopic (exact) mass is 363 g/mol. The summed E-state index contributed by atoms with van der Waals surface area (Å²) in [6.45, 7) is 8.84. The molecule has 0 unspecified atom stereocenters. The zero-order valence-corrected chi connectivity index (χ0v) is 16.2. The number of nitrogens with zero attached hydrogens (tertiary/aromatic N) is 3. The minimum Gasteiger partial charge on any atom is -0.475 e. The van der Waals surface area contributed by atoms with E-state index < -0.39 is 0 Å². The summed E-state index contributed by atoms with van der Waals surface area (Å²) >= 11 is 0. The molecule has 1 aromatic rings. The average molecular weight is 364 g/mol. The lowest BCUT2D eigenvalue weighted by molar-refractivity contribution is 0.143. The molecule has 1 aromatic heterocycles. The number of ether oxygens (including phenoxy) is 2. The van der Waals surface area contributed by atoms with Crippen LogP contribution in [0.25, 0.3) is 0 Å². The van der Waals surface area contributed by atoms with Gasteiger partial charge in [-0.2, -0.15) is 0 Å². The molecule has 0 radical (unpaired) electrons. The average Bonchev–Trinajstić information content (AvgIpc) is 2.68. The quantitative estimate of drug-likeness (QED) is 0.374. The summed E-state index contributed by atoms with van der Waals surface area (Å²) in [6.07, 6.45) is 5.74. The van der Waals surface area contributed by atoms with E-state index in [1.165, 1.54) is 32.4 Å². The molecule has 0 atom stereocenters. The van der Waals surface area contributed by atoms with Crippen LogP contribution in [0.3, 0.4) is 0 Å². The van der Waals surface area contributed by atoms with E-state index in [0.29, 0.717) is 25.6 Å². The molecule has 1 aliphatic rings. The van der Waals surface area contributed by atoms with E-state index >= 15 is 0 Å². The summed E-state index contributed by atoms with van der Waals surface area (Å²) in [5, 5.41) is 6.73. The Morgan fingerprint density at radius 1 is 1.23 bits per heavy atom. The number of piperidine rings is 1. The second-order valence-electron chi connectivity index (χ2n) is 6.33. The number of nitrogens with one attached hydrogen (secondary N) is 2. The van der Waals surface area contributed by atoms with E-state index in [9.17, 15) is 0 Å². The van der Waals surface area contributed by atoms with Crippen LogP contribution in [0.2, 0.25) is 0 Å². The Hall–Kier alpha value is -1.86. The van der Waals surface area contributed by atoms with Crippen molar-refractivity contribution in [2.75, 3.05) is 53.0 Å². The van der Waals surface area contributed by atoms with Gasteiger partial charge < -0.3 is 25.0 Å². The smallest absolute Gasteiger partial charge is 0.218 e. The molecule has 2 N–H and O–H groups in total. The predicted octanol–water partition coefficient (Wildman–Crippen LogP) is 1.65. The molecular weight excluding hydrogens is 330 g/mol. The minimum atomic E-state index is 0.485. The van der Waals surface area contributed by atoms with E-state index in [4.69, 9.17) is 9.47 Å². The fourth-order valence-corrected chi connectivity index (χ4v) is 2.92. The van der Waals surface area contributed by atoms with Gasteiger partial charge in [-0.3, -0.25) is 0 Å². The van der Waals surface area contributed by atoms with Gasteiger partial charge in [0.2, 0.25) is 5.88 Å². The van der Waals surface area contributed by atoms with Gasteiger partial charge in [-0.1, -0.05) is 12.5 Å².